The molecule has 0 saturated carbocycles. The van der Waals surface area contributed by atoms with E-state index in [2.05, 4.69) is 29.7 Å². The molecule has 4 nitrogen and oxygen atoms in total. The number of hydrogen-bond acceptors (Lipinski definition) is 4. The smallest absolute Gasteiger partial charge is 0.260 e. The van der Waals surface area contributed by atoms with Crippen molar-refractivity contribution >= 4 is 29.4 Å². The lowest BCUT2D eigenvalue weighted by Gasteiger charge is -2.13. The predicted octanol–water partition coefficient (Wildman–Crippen LogP) is 4.25. The van der Waals surface area contributed by atoms with Gasteiger partial charge < -0.3 is 15.4 Å². The number of rotatable bonds is 6. The highest BCUT2D eigenvalue weighted by molar-refractivity contribution is 8.05. The Kier molecular flexibility index (Phi) is 5.66. The molecule has 130 valence electrons. The van der Waals surface area contributed by atoms with E-state index in [-0.39, 0.29) is 11.4 Å². The molecule has 0 bridgehead atoms. The maximum absolute atomic E-state index is 12.3. The summed E-state index contributed by atoms with van der Waals surface area (Å²) >= 11 is 1.48. The van der Waals surface area contributed by atoms with Gasteiger partial charge in [-0.1, -0.05) is 49.0 Å². The molecule has 0 unspecified atom stereocenters. The summed E-state index contributed by atoms with van der Waals surface area (Å²) < 4.78 is 5.63. The average Bonchev–Trinajstić information content (AvgIpc) is 2.97. The van der Waals surface area contributed by atoms with Gasteiger partial charge in [-0.15, -0.1) is 0 Å². The summed E-state index contributed by atoms with van der Waals surface area (Å²) in [6, 6.07) is 16.0. The van der Waals surface area contributed by atoms with Crippen LogP contribution in [0.5, 0.6) is 5.75 Å². The fourth-order valence-electron chi connectivity index (χ4n) is 2.58. The lowest BCUT2D eigenvalue weighted by atomic mass is 10.1. The summed E-state index contributed by atoms with van der Waals surface area (Å²) in [6.45, 7) is 4.68. The van der Waals surface area contributed by atoms with Crippen molar-refractivity contribution in [1.29, 1.82) is 0 Å². The molecule has 0 radical (unpaired) electrons. The van der Waals surface area contributed by atoms with Crippen LogP contribution in [0.2, 0.25) is 0 Å². The first-order chi connectivity index (χ1) is 12.2. The van der Waals surface area contributed by atoms with Crippen LogP contribution < -0.4 is 15.4 Å². The van der Waals surface area contributed by atoms with Crippen molar-refractivity contribution in [3.8, 4) is 5.75 Å². The molecule has 1 fully saturated rings. The SMILES string of the molecule is CCOc1ccccc1/C=C1\S[C@H](Nc2ccc(CC)cc2)NC1=O. The van der Waals surface area contributed by atoms with E-state index in [0.717, 1.165) is 23.4 Å². The predicted molar refractivity (Wildman–Crippen MR) is 105 cm³/mol. The number of hydrogen-bond donors (Lipinski definition) is 2. The summed E-state index contributed by atoms with van der Waals surface area (Å²) in [4.78, 5) is 12.9. The van der Waals surface area contributed by atoms with E-state index in [0.29, 0.717) is 11.5 Å². The van der Waals surface area contributed by atoms with E-state index < -0.39 is 0 Å². The first kappa shape index (κ1) is 17.4. The number of anilines is 1. The van der Waals surface area contributed by atoms with Gasteiger partial charge >= 0.3 is 0 Å². The number of aryl methyl sites for hydroxylation is 1. The molecule has 0 aromatic heterocycles. The Labute approximate surface area is 152 Å². The van der Waals surface area contributed by atoms with E-state index in [9.17, 15) is 4.79 Å². The Balaban J connectivity index is 1.71. The van der Waals surface area contributed by atoms with Crippen molar-refractivity contribution in [2.75, 3.05) is 11.9 Å². The minimum absolute atomic E-state index is 0.0704. The third kappa shape index (κ3) is 4.37. The summed E-state index contributed by atoms with van der Waals surface area (Å²) in [5.74, 6) is 0.719. The van der Waals surface area contributed by atoms with Crippen LogP contribution in [-0.4, -0.2) is 18.0 Å². The molecular formula is C20H22N2O2S. The van der Waals surface area contributed by atoms with Crippen LogP contribution in [0.4, 0.5) is 5.69 Å². The molecule has 1 aliphatic rings. The van der Waals surface area contributed by atoms with Crippen LogP contribution in [0.15, 0.2) is 53.4 Å². The van der Waals surface area contributed by atoms with Crippen LogP contribution in [-0.2, 0) is 11.2 Å². The van der Waals surface area contributed by atoms with Crippen LogP contribution in [0.3, 0.4) is 0 Å². The summed E-state index contributed by atoms with van der Waals surface area (Å²) in [7, 11) is 0. The second-order valence-corrected chi connectivity index (χ2v) is 6.79. The van der Waals surface area contributed by atoms with Crippen molar-refractivity contribution in [2.24, 2.45) is 0 Å². The Morgan fingerprint density at radius 3 is 2.64 bits per heavy atom. The zero-order valence-corrected chi connectivity index (χ0v) is 15.2. The largest absolute Gasteiger partial charge is 0.493 e. The molecule has 1 heterocycles. The van der Waals surface area contributed by atoms with E-state index in [4.69, 9.17) is 4.74 Å². The van der Waals surface area contributed by atoms with Gasteiger partial charge in [-0.3, -0.25) is 4.79 Å². The molecule has 1 atom stereocenters. The van der Waals surface area contributed by atoms with Crippen molar-refractivity contribution < 1.29 is 9.53 Å². The molecular weight excluding hydrogens is 332 g/mol. The maximum atomic E-state index is 12.3. The van der Waals surface area contributed by atoms with E-state index in [1.807, 2.05) is 49.4 Å². The molecule has 1 aliphatic heterocycles. The van der Waals surface area contributed by atoms with Gasteiger partial charge in [0.1, 0.15) is 5.75 Å². The topological polar surface area (TPSA) is 50.4 Å². The molecule has 2 aromatic rings. The monoisotopic (exact) mass is 354 g/mol. The molecule has 1 saturated heterocycles. The van der Waals surface area contributed by atoms with Crippen molar-refractivity contribution in [1.82, 2.24) is 5.32 Å². The molecule has 3 rings (SSSR count). The lowest BCUT2D eigenvalue weighted by molar-refractivity contribution is -0.116. The van der Waals surface area contributed by atoms with Gasteiger partial charge in [-0.05, 0) is 43.2 Å². The highest BCUT2D eigenvalue weighted by Gasteiger charge is 2.27. The fourth-order valence-corrected chi connectivity index (χ4v) is 3.56. The summed E-state index contributed by atoms with van der Waals surface area (Å²) in [5.41, 5.74) is 3.02. The van der Waals surface area contributed by atoms with Gasteiger partial charge in [-0.25, -0.2) is 0 Å². The Bertz CT molecular complexity index is 772. The number of carbonyl (C=O) groups excluding carboxylic acids is 1. The molecule has 2 aromatic carbocycles. The number of para-hydroxylation sites is 1. The second-order valence-electron chi connectivity index (χ2n) is 5.65. The summed E-state index contributed by atoms with van der Waals surface area (Å²) in [6.07, 6.45) is 2.90. The van der Waals surface area contributed by atoms with Crippen molar-refractivity contribution in [2.45, 2.75) is 25.8 Å². The molecule has 1 amide bonds. The van der Waals surface area contributed by atoms with Crippen molar-refractivity contribution in [3.63, 3.8) is 0 Å². The Morgan fingerprint density at radius 1 is 1.16 bits per heavy atom. The van der Waals surface area contributed by atoms with Gasteiger partial charge in [0.05, 0.1) is 11.5 Å². The van der Waals surface area contributed by atoms with Crippen molar-refractivity contribution in [3.05, 3.63) is 64.6 Å². The van der Waals surface area contributed by atoms with E-state index in [1.165, 1.54) is 17.3 Å². The van der Waals surface area contributed by atoms with E-state index in [1.54, 1.807) is 0 Å². The molecule has 0 aliphatic carbocycles. The quantitative estimate of drug-likeness (QED) is 0.762. The third-order valence-corrected chi connectivity index (χ3v) is 4.92. The van der Waals surface area contributed by atoms with Gasteiger partial charge in [-0.2, -0.15) is 0 Å². The zero-order valence-electron chi connectivity index (χ0n) is 14.4. The van der Waals surface area contributed by atoms with Gasteiger partial charge in [0, 0.05) is 11.3 Å². The molecule has 5 heteroatoms. The van der Waals surface area contributed by atoms with Gasteiger partial charge in [0.2, 0.25) is 0 Å². The Morgan fingerprint density at radius 2 is 1.92 bits per heavy atom. The minimum atomic E-state index is -0.175. The third-order valence-electron chi connectivity index (χ3n) is 3.90. The van der Waals surface area contributed by atoms with Gasteiger partial charge in [0.15, 0.2) is 5.50 Å². The number of carbonyl (C=O) groups is 1. The standard InChI is InChI=1S/C20H22N2O2S/c1-3-14-9-11-16(12-10-14)21-20-22-19(23)18(25-20)13-15-7-5-6-8-17(15)24-4-2/h5-13,20-21H,3-4H2,1-2H3,(H,22,23)/b18-13-/t20-/m1/s1. The number of amides is 1. The zero-order chi connectivity index (χ0) is 17.6. The first-order valence-electron chi connectivity index (χ1n) is 8.46. The molecule has 2 N–H and O–H groups in total. The fraction of sp³-hybridized carbons (Fsp3) is 0.250. The average molecular weight is 354 g/mol. The molecule has 25 heavy (non-hydrogen) atoms. The first-order valence-corrected chi connectivity index (χ1v) is 9.34. The van der Waals surface area contributed by atoms with Crippen LogP contribution in [0, 0.1) is 0 Å². The Hall–Kier alpha value is -2.40. The maximum Gasteiger partial charge on any atom is 0.260 e. The van der Waals surface area contributed by atoms with Crippen LogP contribution >= 0.6 is 11.8 Å². The van der Waals surface area contributed by atoms with E-state index >= 15 is 0 Å². The summed E-state index contributed by atoms with van der Waals surface area (Å²) in [5, 5.41) is 6.29. The number of benzene rings is 2. The van der Waals surface area contributed by atoms with Gasteiger partial charge in [0.25, 0.3) is 5.91 Å². The van der Waals surface area contributed by atoms with Crippen LogP contribution in [0.25, 0.3) is 6.08 Å². The number of nitrogens with one attached hydrogen (secondary N) is 2. The lowest BCUT2D eigenvalue weighted by Crippen LogP contribution is -2.30. The van der Waals surface area contributed by atoms with Crippen LogP contribution in [0.1, 0.15) is 25.0 Å². The highest BCUT2D eigenvalue weighted by Crippen LogP contribution is 2.32. The number of thioether (sulfide) groups is 1. The number of ether oxygens (including phenoxy) is 1. The minimum Gasteiger partial charge on any atom is -0.493 e. The normalized spacial score (nSPS) is 18.2. The molecule has 0 spiro atoms. The highest BCUT2D eigenvalue weighted by atomic mass is 32.2. The second kappa shape index (κ2) is 8.12.